The van der Waals surface area contributed by atoms with Gasteiger partial charge in [0.2, 0.25) is 5.91 Å². The van der Waals surface area contributed by atoms with Gasteiger partial charge in [0.05, 0.1) is 11.1 Å². The highest BCUT2D eigenvalue weighted by Gasteiger charge is 2.22. The van der Waals surface area contributed by atoms with Gasteiger partial charge in [-0.05, 0) is 36.3 Å². The summed E-state index contributed by atoms with van der Waals surface area (Å²) in [5, 5.41) is 3.62. The Balaban J connectivity index is 2.15. The molecule has 132 valence electrons. The van der Waals surface area contributed by atoms with Gasteiger partial charge in [0.25, 0.3) is 5.56 Å². The van der Waals surface area contributed by atoms with E-state index < -0.39 is 5.41 Å². The van der Waals surface area contributed by atoms with Gasteiger partial charge in [-0.2, -0.15) is 0 Å². The lowest BCUT2D eigenvalue weighted by Crippen LogP contribution is -2.27. The molecule has 1 aromatic carbocycles. The molecule has 0 aliphatic rings. The first-order valence-corrected chi connectivity index (χ1v) is 8.28. The molecule has 0 spiro atoms. The first kappa shape index (κ1) is 17.8. The van der Waals surface area contributed by atoms with Crippen molar-refractivity contribution in [2.75, 3.05) is 5.32 Å². The second-order valence-electron chi connectivity index (χ2n) is 6.85. The molecule has 0 aliphatic heterocycles. The molecule has 0 saturated heterocycles. The van der Waals surface area contributed by atoms with Gasteiger partial charge in [-0.3, -0.25) is 14.2 Å². The zero-order valence-electron chi connectivity index (χ0n) is 14.6. The maximum Gasteiger partial charge on any atom is 0.268 e. The van der Waals surface area contributed by atoms with Crippen LogP contribution >= 0.6 is 11.6 Å². The summed E-state index contributed by atoms with van der Waals surface area (Å²) in [5.41, 5.74) is -0.0311. The summed E-state index contributed by atoms with van der Waals surface area (Å²) in [7, 11) is 0. The van der Waals surface area contributed by atoms with E-state index in [2.05, 4.69) is 21.2 Å². The molecule has 1 amide bonds. The number of nitrogens with one attached hydrogen (secondary N) is 2. The third-order valence-electron chi connectivity index (χ3n) is 3.80. The zero-order chi connectivity index (χ0) is 19.1. The highest BCUT2D eigenvalue weighted by Crippen LogP contribution is 2.20. The van der Waals surface area contributed by atoms with Gasteiger partial charge in [0.1, 0.15) is 11.5 Å². The van der Waals surface area contributed by atoms with Crippen LogP contribution in [-0.2, 0) is 4.79 Å². The van der Waals surface area contributed by atoms with Gasteiger partial charge < -0.3 is 10.3 Å². The van der Waals surface area contributed by atoms with E-state index in [0.29, 0.717) is 27.6 Å². The molecule has 3 aromatic rings. The largest absolute Gasteiger partial charge is 0.326 e. The van der Waals surface area contributed by atoms with Crippen LogP contribution in [0.4, 0.5) is 5.82 Å². The topological polar surface area (TPSA) is 79.8 Å². The molecule has 0 bridgehead atoms. The lowest BCUT2D eigenvalue weighted by Gasteiger charge is -2.16. The molecule has 0 unspecified atom stereocenters. The minimum absolute atomic E-state index is 0.153. The molecule has 3 rings (SSSR count). The summed E-state index contributed by atoms with van der Waals surface area (Å²) in [6, 6.07) is 8.26. The van der Waals surface area contributed by atoms with E-state index in [9.17, 15) is 9.59 Å². The monoisotopic (exact) mass is 368 g/mol. The van der Waals surface area contributed by atoms with Gasteiger partial charge >= 0.3 is 0 Å². The van der Waals surface area contributed by atoms with E-state index in [1.807, 2.05) is 0 Å². The number of rotatable bonds is 2. The van der Waals surface area contributed by atoms with E-state index in [-0.39, 0.29) is 17.3 Å². The van der Waals surface area contributed by atoms with Crippen LogP contribution in [0.25, 0.3) is 16.7 Å². The predicted molar refractivity (Wildman–Crippen MR) is 103 cm³/mol. The van der Waals surface area contributed by atoms with Gasteiger partial charge in [-0.1, -0.05) is 32.4 Å². The van der Waals surface area contributed by atoms with Gasteiger partial charge in [-0.25, -0.2) is 4.98 Å². The fraction of sp³-hybridized carbons (Fsp3) is 0.211. The van der Waals surface area contributed by atoms with Crippen molar-refractivity contribution in [3.8, 4) is 18.0 Å². The van der Waals surface area contributed by atoms with Crippen LogP contribution in [0, 0.1) is 17.8 Å². The first-order chi connectivity index (χ1) is 12.2. The van der Waals surface area contributed by atoms with Crippen LogP contribution in [0.2, 0.25) is 5.02 Å². The summed E-state index contributed by atoms with van der Waals surface area (Å²) in [6.07, 6.45) is 5.54. The molecule has 0 aliphatic carbocycles. The quantitative estimate of drug-likeness (QED) is 0.681. The van der Waals surface area contributed by atoms with Crippen LogP contribution in [0.5, 0.6) is 0 Å². The lowest BCUT2D eigenvalue weighted by atomic mass is 9.96. The molecule has 2 aromatic heterocycles. The molecule has 6 nitrogen and oxygen atoms in total. The van der Waals surface area contributed by atoms with Crippen LogP contribution in [0.1, 0.15) is 26.6 Å². The van der Waals surface area contributed by atoms with Crippen LogP contribution in [-0.4, -0.2) is 20.4 Å². The number of nitrogens with zero attached hydrogens (tertiary/aromatic N) is 2. The maximum atomic E-state index is 13.0. The summed E-state index contributed by atoms with van der Waals surface area (Å²) in [5.74, 6) is 2.79. The molecular formula is C19H17ClN4O2. The van der Waals surface area contributed by atoms with E-state index >= 15 is 0 Å². The van der Waals surface area contributed by atoms with Gasteiger partial charge in [0.15, 0.2) is 5.82 Å². The fourth-order valence-corrected chi connectivity index (χ4v) is 2.50. The van der Waals surface area contributed by atoms with Crippen molar-refractivity contribution in [2.45, 2.75) is 20.8 Å². The smallest absolute Gasteiger partial charge is 0.268 e. The molecule has 0 atom stereocenters. The number of H-pyrrole nitrogens is 1. The van der Waals surface area contributed by atoms with E-state index in [4.69, 9.17) is 18.0 Å². The highest BCUT2D eigenvalue weighted by molar-refractivity contribution is 6.30. The van der Waals surface area contributed by atoms with Crippen molar-refractivity contribution in [3.05, 3.63) is 51.5 Å². The number of amides is 1. The standard InChI is InChI=1S/C19H17ClN4O2/c1-5-15-23-16-13(10-14(21-16)22-18(26)19(2,3)4)17(25)24(15)12-8-6-11(20)7-9-12/h1,6-10,21H,2-4H3,(H,22,26). The van der Waals surface area contributed by atoms with Crippen molar-refractivity contribution in [1.29, 1.82) is 0 Å². The average Bonchev–Trinajstić information content (AvgIpc) is 2.98. The molecule has 0 saturated carbocycles. The normalized spacial score (nSPS) is 11.3. The number of halogens is 1. The number of anilines is 1. The van der Waals surface area contributed by atoms with Crippen molar-refractivity contribution in [3.63, 3.8) is 0 Å². The number of fused-ring (bicyclic) bond motifs is 1. The van der Waals surface area contributed by atoms with Crippen LogP contribution in [0.3, 0.4) is 0 Å². The van der Waals surface area contributed by atoms with Crippen molar-refractivity contribution in [1.82, 2.24) is 14.5 Å². The predicted octanol–water partition coefficient (Wildman–Crippen LogP) is 3.33. The molecular weight excluding hydrogens is 352 g/mol. The first-order valence-electron chi connectivity index (χ1n) is 7.90. The zero-order valence-corrected chi connectivity index (χ0v) is 15.3. The number of aromatic amines is 1. The number of benzene rings is 1. The Kier molecular flexibility index (Phi) is 4.34. The van der Waals surface area contributed by atoms with Crippen molar-refractivity contribution < 1.29 is 4.79 Å². The molecule has 0 radical (unpaired) electrons. The van der Waals surface area contributed by atoms with Crippen LogP contribution in [0.15, 0.2) is 35.1 Å². The Morgan fingerprint density at radius 3 is 2.54 bits per heavy atom. The van der Waals surface area contributed by atoms with Gasteiger partial charge in [-0.15, -0.1) is 6.42 Å². The Morgan fingerprint density at radius 2 is 1.96 bits per heavy atom. The number of carbonyl (C=O) groups is 1. The molecule has 0 fully saturated rings. The Bertz CT molecular complexity index is 1100. The average molecular weight is 369 g/mol. The minimum atomic E-state index is -0.571. The Hall–Kier alpha value is -3.04. The molecule has 7 heteroatoms. The van der Waals surface area contributed by atoms with Crippen molar-refractivity contribution in [2.24, 2.45) is 5.41 Å². The number of carbonyl (C=O) groups excluding carboxylic acids is 1. The van der Waals surface area contributed by atoms with E-state index in [1.54, 1.807) is 51.1 Å². The van der Waals surface area contributed by atoms with Crippen LogP contribution < -0.4 is 10.9 Å². The number of hydrogen-bond acceptors (Lipinski definition) is 3. The Labute approximate surface area is 155 Å². The van der Waals surface area contributed by atoms with Crippen molar-refractivity contribution >= 4 is 34.4 Å². The van der Waals surface area contributed by atoms with E-state index in [0.717, 1.165) is 0 Å². The van der Waals surface area contributed by atoms with Gasteiger partial charge in [0, 0.05) is 10.4 Å². The SMILES string of the molecule is C#Cc1nc2[nH]c(NC(=O)C(C)(C)C)cc2c(=O)n1-c1ccc(Cl)cc1. The summed E-state index contributed by atoms with van der Waals surface area (Å²) >= 11 is 5.91. The second-order valence-corrected chi connectivity index (χ2v) is 7.28. The number of aromatic nitrogens is 3. The minimum Gasteiger partial charge on any atom is -0.326 e. The second kappa shape index (κ2) is 6.36. The molecule has 26 heavy (non-hydrogen) atoms. The lowest BCUT2D eigenvalue weighted by molar-refractivity contribution is -0.123. The number of terminal acetylenes is 1. The third kappa shape index (κ3) is 3.22. The number of hydrogen-bond donors (Lipinski definition) is 2. The molecule has 2 N–H and O–H groups in total. The summed E-state index contributed by atoms with van der Waals surface area (Å²) in [6.45, 7) is 5.40. The summed E-state index contributed by atoms with van der Waals surface area (Å²) in [4.78, 5) is 32.4. The van der Waals surface area contributed by atoms with E-state index in [1.165, 1.54) is 4.57 Å². The Morgan fingerprint density at radius 1 is 1.31 bits per heavy atom. The maximum absolute atomic E-state index is 13.0. The fourth-order valence-electron chi connectivity index (χ4n) is 2.37. The summed E-state index contributed by atoms with van der Waals surface area (Å²) < 4.78 is 1.34. The molecule has 2 heterocycles. The highest BCUT2D eigenvalue weighted by atomic mass is 35.5. The third-order valence-corrected chi connectivity index (χ3v) is 4.06.